The molecule has 2 aromatic rings. The van der Waals surface area contributed by atoms with Gasteiger partial charge in [0, 0.05) is 25.6 Å². The highest BCUT2D eigenvalue weighted by atomic mass is 32.2. The van der Waals surface area contributed by atoms with E-state index in [9.17, 15) is 22.0 Å². The van der Waals surface area contributed by atoms with Crippen LogP contribution in [-0.4, -0.2) is 44.9 Å². The molecule has 0 aromatic heterocycles. The number of rotatable bonds is 9. The summed E-state index contributed by atoms with van der Waals surface area (Å²) in [6.07, 6.45) is 1.53. The van der Waals surface area contributed by atoms with Gasteiger partial charge in [0.25, 0.3) is 0 Å². The van der Waals surface area contributed by atoms with E-state index in [4.69, 9.17) is 0 Å². The molecule has 31 heavy (non-hydrogen) atoms. The first-order valence-corrected chi connectivity index (χ1v) is 11.8. The van der Waals surface area contributed by atoms with E-state index in [0.29, 0.717) is 38.9 Å². The lowest BCUT2D eigenvalue weighted by Gasteiger charge is -2.30. The lowest BCUT2D eigenvalue weighted by Crippen LogP contribution is -2.43. The highest BCUT2D eigenvalue weighted by Gasteiger charge is 2.31. The minimum Gasteiger partial charge on any atom is -0.435 e. The molecule has 1 N–H and O–H groups in total. The zero-order chi connectivity index (χ0) is 22.3. The first-order valence-electron chi connectivity index (χ1n) is 10.2. The lowest BCUT2D eigenvalue weighted by atomic mass is 9.97. The van der Waals surface area contributed by atoms with Gasteiger partial charge >= 0.3 is 6.61 Å². The quantitative estimate of drug-likeness (QED) is 0.634. The molecule has 2 aromatic carbocycles. The van der Waals surface area contributed by atoms with Gasteiger partial charge in [0.1, 0.15) is 5.75 Å². The number of nitrogens with zero attached hydrogens (tertiary/aromatic N) is 1. The zero-order valence-corrected chi connectivity index (χ0v) is 17.9. The number of alkyl halides is 2. The van der Waals surface area contributed by atoms with Gasteiger partial charge in [-0.05, 0) is 42.5 Å². The molecule has 168 valence electrons. The molecule has 0 bridgehead atoms. The van der Waals surface area contributed by atoms with Gasteiger partial charge < -0.3 is 10.1 Å². The molecule has 0 saturated carbocycles. The number of ether oxygens (including phenoxy) is 1. The van der Waals surface area contributed by atoms with E-state index in [-0.39, 0.29) is 23.3 Å². The minimum atomic E-state index is -3.41. The summed E-state index contributed by atoms with van der Waals surface area (Å²) in [7, 11) is -3.41. The minimum absolute atomic E-state index is 0.0359. The van der Waals surface area contributed by atoms with Crippen molar-refractivity contribution in [3.05, 3.63) is 65.7 Å². The Morgan fingerprint density at radius 1 is 1.03 bits per heavy atom. The summed E-state index contributed by atoms with van der Waals surface area (Å²) >= 11 is 0. The summed E-state index contributed by atoms with van der Waals surface area (Å²) < 4.78 is 55.4. The second-order valence-electron chi connectivity index (χ2n) is 7.48. The largest absolute Gasteiger partial charge is 0.435 e. The summed E-state index contributed by atoms with van der Waals surface area (Å²) in [4.78, 5) is 12.4. The maximum Gasteiger partial charge on any atom is 0.387 e. The standard InChI is InChI=1S/C22H26F2N2O4S/c23-22(24)30-20-8-6-17(7-9-20)10-13-25-21(27)19-11-14-26(15-12-19)31(28,29)16-18-4-2-1-3-5-18/h1-9,19,22H,10-16H2,(H,25,27). The van der Waals surface area contributed by atoms with E-state index in [1.54, 1.807) is 24.3 Å². The van der Waals surface area contributed by atoms with Crippen LogP contribution in [0.25, 0.3) is 0 Å². The smallest absolute Gasteiger partial charge is 0.387 e. The van der Waals surface area contributed by atoms with Crippen LogP contribution in [0.1, 0.15) is 24.0 Å². The second kappa shape index (κ2) is 10.7. The Kier molecular flexibility index (Phi) is 7.97. The molecule has 1 heterocycles. The fourth-order valence-corrected chi connectivity index (χ4v) is 5.15. The molecule has 0 unspecified atom stereocenters. The molecule has 0 aliphatic carbocycles. The Bertz CT molecular complexity index is 945. The van der Waals surface area contributed by atoms with Crippen molar-refractivity contribution in [3.8, 4) is 5.75 Å². The molecular weight excluding hydrogens is 426 g/mol. The van der Waals surface area contributed by atoms with Crippen LogP contribution in [0.15, 0.2) is 54.6 Å². The third-order valence-electron chi connectivity index (χ3n) is 5.27. The van der Waals surface area contributed by atoms with Gasteiger partial charge in [-0.15, -0.1) is 0 Å². The second-order valence-corrected chi connectivity index (χ2v) is 9.45. The van der Waals surface area contributed by atoms with Crippen LogP contribution in [0.2, 0.25) is 0 Å². The van der Waals surface area contributed by atoms with Crippen LogP contribution in [0, 0.1) is 5.92 Å². The molecule has 9 heteroatoms. The summed E-state index contributed by atoms with van der Waals surface area (Å²) in [6, 6.07) is 15.3. The summed E-state index contributed by atoms with van der Waals surface area (Å²) in [5.41, 5.74) is 1.64. The Morgan fingerprint density at radius 2 is 1.68 bits per heavy atom. The zero-order valence-electron chi connectivity index (χ0n) is 17.0. The molecule has 1 fully saturated rings. The first kappa shape index (κ1) is 23.1. The molecule has 0 radical (unpaired) electrons. The van der Waals surface area contributed by atoms with Crippen LogP contribution >= 0.6 is 0 Å². The van der Waals surface area contributed by atoms with Crippen LogP contribution in [-0.2, 0) is 27.0 Å². The molecule has 1 aliphatic rings. The van der Waals surface area contributed by atoms with Crippen molar-refractivity contribution in [1.82, 2.24) is 9.62 Å². The van der Waals surface area contributed by atoms with E-state index in [1.165, 1.54) is 16.4 Å². The lowest BCUT2D eigenvalue weighted by molar-refractivity contribution is -0.126. The number of hydrogen-bond donors (Lipinski definition) is 1. The highest BCUT2D eigenvalue weighted by molar-refractivity contribution is 7.88. The monoisotopic (exact) mass is 452 g/mol. The van der Waals surface area contributed by atoms with Gasteiger partial charge in [-0.3, -0.25) is 4.79 Å². The van der Waals surface area contributed by atoms with Crippen LogP contribution in [0.3, 0.4) is 0 Å². The number of carbonyl (C=O) groups is 1. The van der Waals surface area contributed by atoms with Gasteiger partial charge in [0.2, 0.25) is 15.9 Å². The van der Waals surface area contributed by atoms with Crippen LogP contribution < -0.4 is 10.1 Å². The van der Waals surface area contributed by atoms with Crippen molar-refractivity contribution in [2.24, 2.45) is 5.92 Å². The van der Waals surface area contributed by atoms with E-state index in [1.807, 2.05) is 18.2 Å². The number of amides is 1. The van der Waals surface area contributed by atoms with Crippen molar-refractivity contribution in [1.29, 1.82) is 0 Å². The number of piperidine rings is 1. The first-order chi connectivity index (χ1) is 14.8. The number of sulfonamides is 1. The topological polar surface area (TPSA) is 75.7 Å². The predicted octanol–water partition coefficient (Wildman–Crippen LogP) is 3.19. The Balaban J connectivity index is 1.41. The number of halogens is 2. The summed E-state index contributed by atoms with van der Waals surface area (Å²) in [5.74, 6) is -0.245. The fraction of sp³-hybridized carbons (Fsp3) is 0.409. The van der Waals surface area contributed by atoms with E-state index >= 15 is 0 Å². The van der Waals surface area contributed by atoms with E-state index < -0.39 is 16.6 Å². The van der Waals surface area contributed by atoms with Crippen molar-refractivity contribution < 1.29 is 26.7 Å². The predicted molar refractivity (Wildman–Crippen MR) is 113 cm³/mol. The Hall–Kier alpha value is -2.52. The maximum atomic E-state index is 12.6. The molecule has 1 saturated heterocycles. The van der Waals surface area contributed by atoms with Gasteiger partial charge in [-0.2, -0.15) is 8.78 Å². The number of nitrogens with one attached hydrogen (secondary N) is 1. The molecule has 0 atom stereocenters. The van der Waals surface area contributed by atoms with Crippen molar-refractivity contribution >= 4 is 15.9 Å². The van der Waals surface area contributed by atoms with Crippen LogP contribution in [0.4, 0.5) is 8.78 Å². The molecule has 1 aliphatic heterocycles. The molecular formula is C22H26F2N2O4S. The van der Waals surface area contributed by atoms with Gasteiger partial charge in [0.05, 0.1) is 5.75 Å². The fourth-order valence-electron chi connectivity index (χ4n) is 3.58. The average Bonchev–Trinajstić information content (AvgIpc) is 2.75. The average molecular weight is 453 g/mol. The van der Waals surface area contributed by atoms with Crippen molar-refractivity contribution in [3.63, 3.8) is 0 Å². The SMILES string of the molecule is O=C(NCCc1ccc(OC(F)F)cc1)C1CCN(S(=O)(=O)Cc2ccccc2)CC1. The number of carbonyl (C=O) groups excluding carboxylic acids is 1. The van der Waals surface area contributed by atoms with Gasteiger partial charge in [0.15, 0.2) is 0 Å². The van der Waals surface area contributed by atoms with Crippen molar-refractivity contribution in [2.45, 2.75) is 31.6 Å². The molecule has 6 nitrogen and oxygen atoms in total. The Morgan fingerprint density at radius 3 is 2.29 bits per heavy atom. The van der Waals surface area contributed by atoms with Gasteiger partial charge in [-0.1, -0.05) is 42.5 Å². The van der Waals surface area contributed by atoms with Crippen LogP contribution in [0.5, 0.6) is 5.75 Å². The van der Waals surface area contributed by atoms with E-state index in [0.717, 1.165) is 11.1 Å². The summed E-state index contributed by atoms with van der Waals surface area (Å²) in [6.45, 7) is -1.78. The molecule has 0 spiro atoms. The Labute approximate surface area is 181 Å². The third-order valence-corrected chi connectivity index (χ3v) is 7.12. The van der Waals surface area contributed by atoms with Gasteiger partial charge in [-0.25, -0.2) is 12.7 Å². The molecule has 3 rings (SSSR count). The number of benzene rings is 2. The number of hydrogen-bond acceptors (Lipinski definition) is 4. The highest BCUT2D eigenvalue weighted by Crippen LogP contribution is 2.22. The van der Waals surface area contributed by atoms with E-state index in [2.05, 4.69) is 10.1 Å². The molecule has 1 amide bonds. The third kappa shape index (κ3) is 7.00. The normalized spacial score (nSPS) is 15.7. The summed E-state index contributed by atoms with van der Waals surface area (Å²) in [5, 5.41) is 2.88. The maximum absolute atomic E-state index is 12.6. The van der Waals surface area contributed by atoms with Crippen molar-refractivity contribution in [2.75, 3.05) is 19.6 Å².